The minimum absolute atomic E-state index is 0.539. The number of nitrogens with zero attached hydrogens (tertiary/aromatic N) is 1. The van der Waals surface area contributed by atoms with Crippen LogP contribution in [0.1, 0.15) is 29.1 Å². The maximum Gasteiger partial charge on any atom is 0.102 e. The minimum atomic E-state index is -0.556. The Morgan fingerprint density at radius 2 is 2.00 bits per heavy atom. The molecule has 1 aromatic carbocycles. The Morgan fingerprint density at radius 1 is 1.17 bits per heavy atom. The van der Waals surface area contributed by atoms with E-state index in [4.69, 9.17) is 0 Å². The highest BCUT2D eigenvalue weighted by Crippen LogP contribution is 2.26. The summed E-state index contributed by atoms with van der Waals surface area (Å²) in [7, 11) is 0. The summed E-state index contributed by atoms with van der Waals surface area (Å²) >= 11 is 0. The fourth-order valence-electron chi connectivity index (χ4n) is 3.14. The number of aryl methyl sites for hydroxylation is 2. The Labute approximate surface area is 134 Å². The summed E-state index contributed by atoms with van der Waals surface area (Å²) in [6.07, 6.45) is 1.93. The molecule has 0 radical (unpaired) electrons. The SMILES string of the molecule is Cc1cc(C)c(/C=C2\N=C(c3cc4ccccc4[nH]3)CC2O)[nH]1. The van der Waals surface area contributed by atoms with Crippen LogP contribution in [0, 0.1) is 13.8 Å². The van der Waals surface area contributed by atoms with Gasteiger partial charge in [0.25, 0.3) is 0 Å². The molecule has 4 heteroatoms. The first-order valence-corrected chi connectivity index (χ1v) is 7.82. The normalized spacial score (nSPS) is 19.7. The number of aliphatic hydroxyl groups excluding tert-OH is 1. The van der Waals surface area contributed by atoms with Crippen LogP contribution in [0.15, 0.2) is 47.1 Å². The number of nitrogens with one attached hydrogen (secondary N) is 2. The van der Waals surface area contributed by atoms with E-state index >= 15 is 0 Å². The molecule has 1 unspecified atom stereocenters. The lowest BCUT2D eigenvalue weighted by molar-refractivity contribution is 0.225. The second-order valence-electron chi connectivity index (χ2n) is 6.17. The molecule has 116 valence electrons. The molecule has 0 spiro atoms. The summed E-state index contributed by atoms with van der Waals surface area (Å²) < 4.78 is 0. The zero-order chi connectivity index (χ0) is 16.0. The molecule has 4 nitrogen and oxygen atoms in total. The minimum Gasteiger partial charge on any atom is -0.386 e. The Morgan fingerprint density at radius 3 is 2.74 bits per heavy atom. The molecule has 1 atom stereocenters. The quantitative estimate of drug-likeness (QED) is 0.664. The first-order chi connectivity index (χ1) is 11.1. The number of para-hydroxylation sites is 1. The summed E-state index contributed by atoms with van der Waals surface area (Å²) in [5, 5.41) is 11.5. The first-order valence-electron chi connectivity index (χ1n) is 7.82. The highest BCUT2D eigenvalue weighted by molar-refractivity contribution is 6.05. The molecule has 3 heterocycles. The highest BCUT2D eigenvalue weighted by atomic mass is 16.3. The molecular formula is C19H19N3O. The van der Waals surface area contributed by atoms with Gasteiger partial charge in [-0.2, -0.15) is 0 Å². The fourth-order valence-corrected chi connectivity index (χ4v) is 3.14. The smallest absolute Gasteiger partial charge is 0.102 e. The van der Waals surface area contributed by atoms with Gasteiger partial charge in [0.1, 0.15) is 6.10 Å². The van der Waals surface area contributed by atoms with E-state index in [1.807, 2.05) is 31.2 Å². The third-order valence-corrected chi connectivity index (χ3v) is 4.31. The van der Waals surface area contributed by atoms with Gasteiger partial charge < -0.3 is 15.1 Å². The van der Waals surface area contributed by atoms with Gasteiger partial charge in [0.2, 0.25) is 0 Å². The summed E-state index contributed by atoms with van der Waals surface area (Å²) in [5.74, 6) is 0. The molecule has 3 aromatic rings. The zero-order valence-electron chi connectivity index (χ0n) is 13.2. The Hall–Kier alpha value is -2.59. The van der Waals surface area contributed by atoms with E-state index in [1.54, 1.807) is 0 Å². The largest absolute Gasteiger partial charge is 0.386 e. The van der Waals surface area contributed by atoms with Gasteiger partial charge >= 0.3 is 0 Å². The van der Waals surface area contributed by atoms with Crippen molar-refractivity contribution in [3.8, 4) is 0 Å². The molecule has 2 aromatic heterocycles. The molecule has 1 aliphatic rings. The average molecular weight is 305 g/mol. The maximum absolute atomic E-state index is 10.3. The van der Waals surface area contributed by atoms with Crippen molar-refractivity contribution in [2.45, 2.75) is 26.4 Å². The van der Waals surface area contributed by atoms with Crippen LogP contribution in [0.4, 0.5) is 0 Å². The van der Waals surface area contributed by atoms with Crippen LogP contribution in [0.3, 0.4) is 0 Å². The number of hydrogen-bond acceptors (Lipinski definition) is 2. The van der Waals surface area contributed by atoms with Gasteiger partial charge in [0.05, 0.1) is 17.1 Å². The monoisotopic (exact) mass is 305 g/mol. The van der Waals surface area contributed by atoms with E-state index in [0.29, 0.717) is 12.1 Å². The number of aromatic amines is 2. The van der Waals surface area contributed by atoms with Crippen LogP contribution in [0.2, 0.25) is 0 Å². The fraction of sp³-hybridized carbons (Fsp3) is 0.211. The van der Waals surface area contributed by atoms with Gasteiger partial charge in [-0.3, -0.25) is 4.99 Å². The van der Waals surface area contributed by atoms with Crippen LogP contribution in [-0.4, -0.2) is 26.9 Å². The average Bonchev–Trinajstić information content (AvgIpc) is 3.18. The number of hydrogen-bond donors (Lipinski definition) is 3. The molecular weight excluding hydrogens is 286 g/mol. The van der Waals surface area contributed by atoms with Crippen molar-refractivity contribution in [1.82, 2.24) is 9.97 Å². The second kappa shape index (κ2) is 5.25. The predicted molar refractivity (Wildman–Crippen MR) is 93.7 cm³/mol. The summed E-state index contributed by atoms with van der Waals surface area (Å²) in [4.78, 5) is 11.3. The molecule has 0 saturated heterocycles. The number of aliphatic imine (C=N–C) groups is 1. The second-order valence-corrected chi connectivity index (χ2v) is 6.17. The summed E-state index contributed by atoms with van der Waals surface area (Å²) in [5.41, 5.74) is 6.97. The third-order valence-electron chi connectivity index (χ3n) is 4.31. The van der Waals surface area contributed by atoms with Crippen molar-refractivity contribution in [3.05, 3.63) is 64.7 Å². The van der Waals surface area contributed by atoms with Crippen LogP contribution in [0.5, 0.6) is 0 Å². The van der Waals surface area contributed by atoms with Crippen molar-refractivity contribution in [2.75, 3.05) is 0 Å². The van der Waals surface area contributed by atoms with Crippen molar-refractivity contribution >= 4 is 22.7 Å². The summed E-state index contributed by atoms with van der Waals surface area (Å²) in [6.45, 7) is 4.08. The molecule has 3 N–H and O–H groups in total. The topological polar surface area (TPSA) is 64.2 Å². The van der Waals surface area contributed by atoms with E-state index in [9.17, 15) is 5.11 Å². The maximum atomic E-state index is 10.3. The van der Waals surface area contributed by atoms with Crippen molar-refractivity contribution in [3.63, 3.8) is 0 Å². The van der Waals surface area contributed by atoms with Gasteiger partial charge in [-0.15, -0.1) is 0 Å². The van der Waals surface area contributed by atoms with E-state index in [2.05, 4.69) is 40.1 Å². The van der Waals surface area contributed by atoms with E-state index in [-0.39, 0.29) is 0 Å². The number of aliphatic hydroxyl groups is 1. The lowest BCUT2D eigenvalue weighted by atomic mass is 10.1. The van der Waals surface area contributed by atoms with Crippen LogP contribution >= 0.6 is 0 Å². The first kappa shape index (κ1) is 14.0. The molecule has 1 aliphatic heterocycles. The zero-order valence-corrected chi connectivity index (χ0v) is 13.2. The van der Waals surface area contributed by atoms with Crippen molar-refractivity contribution < 1.29 is 5.11 Å². The lowest BCUT2D eigenvalue weighted by Gasteiger charge is -2.01. The van der Waals surface area contributed by atoms with E-state index in [0.717, 1.165) is 39.3 Å². The molecule has 0 aliphatic carbocycles. The van der Waals surface area contributed by atoms with E-state index in [1.165, 1.54) is 0 Å². The van der Waals surface area contributed by atoms with Gasteiger partial charge in [0.15, 0.2) is 0 Å². The van der Waals surface area contributed by atoms with Gasteiger partial charge in [-0.1, -0.05) is 18.2 Å². The number of fused-ring (bicyclic) bond motifs is 1. The van der Waals surface area contributed by atoms with Crippen LogP contribution in [0.25, 0.3) is 17.0 Å². The third kappa shape index (κ3) is 2.51. The van der Waals surface area contributed by atoms with Crippen LogP contribution in [-0.2, 0) is 0 Å². The number of benzene rings is 1. The number of H-pyrrole nitrogens is 2. The number of aromatic nitrogens is 2. The van der Waals surface area contributed by atoms with Gasteiger partial charge in [0, 0.05) is 28.7 Å². The summed E-state index contributed by atoms with van der Waals surface area (Å²) in [6, 6.07) is 12.3. The van der Waals surface area contributed by atoms with Gasteiger partial charge in [-0.25, -0.2) is 0 Å². The van der Waals surface area contributed by atoms with Gasteiger partial charge in [-0.05, 0) is 43.7 Å². The predicted octanol–water partition coefficient (Wildman–Crippen LogP) is 3.71. The Balaban J connectivity index is 1.72. The number of rotatable bonds is 2. The molecule has 23 heavy (non-hydrogen) atoms. The lowest BCUT2D eigenvalue weighted by Crippen LogP contribution is -2.07. The Bertz CT molecular complexity index is 910. The van der Waals surface area contributed by atoms with Crippen molar-refractivity contribution in [2.24, 2.45) is 4.99 Å². The molecule has 0 saturated carbocycles. The van der Waals surface area contributed by atoms with E-state index < -0.39 is 6.10 Å². The molecule has 0 fully saturated rings. The van der Waals surface area contributed by atoms with Crippen LogP contribution < -0.4 is 0 Å². The van der Waals surface area contributed by atoms with Crippen molar-refractivity contribution in [1.29, 1.82) is 0 Å². The molecule has 4 rings (SSSR count). The standard InChI is InChI=1S/C19H19N3O/c1-11-7-12(2)20-15(11)9-18-19(23)10-17(22-18)16-8-13-5-3-4-6-14(13)21-16/h3-9,19-21,23H,10H2,1-2H3/b18-9-. The molecule has 0 amide bonds. The Kier molecular flexibility index (Phi) is 3.20. The molecule has 0 bridgehead atoms. The highest BCUT2D eigenvalue weighted by Gasteiger charge is 2.24.